The molecule has 2 aromatic rings. The fourth-order valence-electron chi connectivity index (χ4n) is 1.24. The molecular weight excluding hydrogens is 276 g/mol. The van der Waals surface area contributed by atoms with Crippen molar-refractivity contribution in [1.82, 2.24) is 9.36 Å². The van der Waals surface area contributed by atoms with Gasteiger partial charge in [-0.2, -0.15) is 4.37 Å². The normalized spacial score (nSPS) is 10.7. The summed E-state index contributed by atoms with van der Waals surface area (Å²) in [5, 5.41) is 8.89. The van der Waals surface area contributed by atoms with Gasteiger partial charge >= 0.3 is 5.97 Å². The van der Waals surface area contributed by atoms with Gasteiger partial charge in [-0.25, -0.2) is 9.78 Å². The number of thiophene rings is 1. The van der Waals surface area contributed by atoms with Gasteiger partial charge in [-0.15, -0.1) is 11.3 Å². The van der Waals surface area contributed by atoms with Gasteiger partial charge < -0.3 is 5.11 Å². The SMILES string of the molecule is Cc1nsc(SCc2cc(C(=O)O)sc2C)n1. The fraction of sp³-hybridized carbons (Fsp3) is 0.300. The van der Waals surface area contributed by atoms with Gasteiger partial charge in [-0.05, 0) is 37.0 Å². The molecule has 0 radical (unpaired) electrons. The molecule has 7 heteroatoms. The molecule has 17 heavy (non-hydrogen) atoms. The molecule has 2 aromatic heterocycles. The number of carboxylic acid groups (broad SMARTS) is 1. The zero-order valence-corrected chi connectivity index (χ0v) is 11.7. The van der Waals surface area contributed by atoms with Crippen molar-refractivity contribution in [1.29, 1.82) is 0 Å². The Balaban J connectivity index is 2.06. The van der Waals surface area contributed by atoms with Gasteiger partial charge in [0.1, 0.15) is 10.7 Å². The Kier molecular flexibility index (Phi) is 3.80. The van der Waals surface area contributed by atoms with Gasteiger partial charge in [-0.3, -0.25) is 0 Å². The van der Waals surface area contributed by atoms with E-state index in [9.17, 15) is 4.79 Å². The van der Waals surface area contributed by atoms with Gasteiger partial charge in [0, 0.05) is 10.6 Å². The molecule has 1 N–H and O–H groups in total. The predicted octanol–water partition coefficient (Wildman–Crippen LogP) is 3.21. The minimum atomic E-state index is -0.860. The third-order valence-electron chi connectivity index (χ3n) is 2.09. The quantitative estimate of drug-likeness (QED) is 0.874. The Hall–Kier alpha value is -0.920. The average molecular weight is 286 g/mol. The lowest BCUT2D eigenvalue weighted by Gasteiger charge is -1.95. The predicted molar refractivity (Wildman–Crippen MR) is 70.2 cm³/mol. The van der Waals surface area contributed by atoms with Crippen LogP contribution in [0.3, 0.4) is 0 Å². The highest BCUT2D eigenvalue weighted by Crippen LogP contribution is 2.29. The third kappa shape index (κ3) is 3.05. The summed E-state index contributed by atoms with van der Waals surface area (Å²) in [5.41, 5.74) is 1.06. The van der Waals surface area contributed by atoms with Crippen LogP contribution in [0.25, 0.3) is 0 Å². The summed E-state index contributed by atoms with van der Waals surface area (Å²) in [7, 11) is 0. The molecule has 0 aromatic carbocycles. The Morgan fingerprint density at radius 3 is 2.82 bits per heavy atom. The Morgan fingerprint density at radius 1 is 1.53 bits per heavy atom. The lowest BCUT2D eigenvalue weighted by molar-refractivity contribution is 0.0702. The van der Waals surface area contributed by atoms with Gasteiger partial charge in [0.2, 0.25) is 0 Å². The van der Waals surface area contributed by atoms with Crippen LogP contribution in [0.2, 0.25) is 0 Å². The van der Waals surface area contributed by atoms with Crippen LogP contribution in [0.4, 0.5) is 0 Å². The Bertz CT molecular complexity index is 547. The molecule has 0 aliphatic carbocycles. The molecule has 0 aliphatic rings. The second-order valence-corrected chi connectivity index (χ2v) is 6.62. The van der Waals surface area contributed by atoms with E-state index in [0.29, 0.717) is 4.88 Å². The number of hydrogen-bond donors (Lipinski definition) is 1. The molecule has 4 nitrogen and oxygen atoms in total. The van der Waals surface area contributed by atoms with Crippen molar-refractivity contribution in [3.05, 3.63) is 27.2 Å². The first-order chi connectivity index (χ1) is 8.06. The van der Waals surface area contributed by atoms with E-state index in [2.05, 4.69) is 9.36 Å². The number of rotatable bonds is 4. The zero-order valence-electron chi connectivity index (χ0n) is 9.26. The first-order valence-corrected chi connectivity index (χ1v) is 7.39. The summed E-state index contributed by atoms with van der Waals surface area (Å²) in [5.74, 6) is 0.663. The van der Waals surface area contributed by atoms with Crippen molar-refractivity contribution in [3.63, 3.8) is 0 Å². The molecule has 0 fully saturated rings. The first kappa shape index (κ1) is 12.5. The van der Waals surface area contributed by atoms with Crippen LogP contribution in [0.1, 0.15) is 25.9 Å². The number of hydrogen-bond acceptors (Lipinski definition) is 6. The van der Waals surface area contributed by atoms with E-state index in [1.165, 1.54) is 22.9 Å². The molecule has 2 rings (SSSR count). The molecular formula is C10H10N2O2S3. The highest BCUT2D eigenvalue weighted by atomic mass is 32.2. The van der Waals surface area contributed by atoms with Crippen LogP contribution in [0.15, 0.2) is 10.4 Å². The maximum absolute atomic E-state index is 10.8. The van der Waals surface area contributed by atoms with Crippen LogP contribution in [0, 0.1) is 13.8 Å². The largest absolute Gasteiger partial charge is 0.477 e. The van der Waals surface area contributed by atoms with E-state index >= 15 is 0 Å². The van der Waals surface area contributed by atoms with Gasteiger partial charge in [0.25, 0.3) is 0 Å². The van der Waals surface area contributed by atoms with Crippen molar-refractivity contribution >= 4 is 40.6 Å². The van der Waals surface area contributed by atoms with Crippen LogP contribution < -0.4 is 0 Å². The number of thioether (sulfide) groups is 1. The monoisotopic (exact) mass is 286 g/mol. The smallest absolute Gasteiger partial charge is 0.345 e. The van der Waals surface area contributed by atoms with Crippen molar-refractivity contribution in [2.24, 2.45) is 0 Å². The van der Waals surface area contributed by atoms with Crippen LogP contribution in [-0.4, -0.2) is 20.4 Å². The number of carbonyl (C=O) groups is 1. The van der Waals surface area contributed by atoms with Gasteiger partial charge in [-0.1, -0.05) is 11.8 Å². The molecule has 0 spiro atoms. The van der Waals surface area contributed by atoms with Gasteiger partial charge in [0.05, 0.1) is 0 Å². The lowest BCUT2D eigenvalue weighted by Crippen LogP contribution is -1.90. The van der Waals surface area contributed by atoms with E-state index in [0.717, 1.165) is 26.4 Å². The second-order valence-electron chi connectivity index (χ2n) is 3.39. The molecule has 0 unspecified atom stereocenters. The number of aryl methyl sites for hydroxylation is 2. The molecule has 0 aliphatic heterocycles. The molecule has 0 saturated carbocycles. The molecule has 0 bridgehead atoms. The number of aromatic nitrogens is 2. The zero-order chi connectivity index (χ0) is 12.4. The summed E-state index contributed by atoms with van der Waals surface area (Å²) < 4.78 is 5.02. The number of carboxylic acids is 1. The maximum atomic E-state index is 10.8. The molecule has 2 heterocycles. The molecule has 0 atom stereocenters. The van der Waals surface area contributed by atoms with Crippen LogP contribution >= 0.6 is 34.6 Å². The summed E-state index contributed by atoms with van der Waals surface area (Å²) in [6, 6.07) is 1.74. The van der Waals surface area contributed by atoms with E-state index in [1.807, 2.05) is 13.8 Å². The first-order valence-electron chi connectivity index (χ1n) is 4.82. The second kappa shape index (κ2) is 5.16. The van der Waals surface area contributed by atoms with E-state index in [1.54, 1.807) is 17.8 Å². The summed E-state index contributed by atoms with van der Waals surface area (Å²) >= 11 is 4.29. The van der Waals surface area contributed by atoms with Crippen molar-refractivity contribution in [3.8, 4) is 0 Å². The number of nitrogens with zero attached hydrogens (tertiary/aromatic N) is 2. The molecule has 0 saturated heterocycles. The summed E-state index contributed by atoms with van der Waals surface area (Å²) in [4.78, 5) is 16.5. The number of aromatic carboxylic acids is 1. The van der Waals surface area contributed by atoms with Gasteiger partial charge in [0.15, 0.2) is 4.34 Å². The summed E-state index contributed by atoms with van der Waals surface area (Å²) in [6.45, 7) is 3.80. The van der Waals surface area contributed by atoms with E-state index < -0.39 is 5.97 Å². The van der Waals surface area contributed by atoms with Crippen molar-refractivity contribution in [2.45, 2.75) is 23.9 Å². The maximum Gasteiger partial charge on any atom is 0.345 e. The Labute approximate surface area is 111 Å². The van der Waals surface area contributed by atoms with Crippen molar-refractivity contribution < 1.29 is 9.90 Å². The fourth-order valence-corrected chi connectivity index (χ4v) is 3.92. The van der Waals surface area contributed by atoms with Crippen LogP contribution in [-0.2, 0) is 5.75 Å². The van der Waals surface area contributed by atoms with Crippen LogP contribution in [0.5, 0.6) is 0 Å². The van der Waals surface area contributed by atoms with Crippen molar-refractivity contribution in [2.75, 3.05) is 0 Å². The lowest BCUT2D eigenvalue weighted by atomic mass is 10.3. The standard InChI is InChI=1S/C10H10N2O2S3/c1-5-7(3-8(16-5)9(13)14)4-15-10-11-6(2)12-17-10/h3H,4H2,1-2H3,(H,13,14). The highest BCUT2D eigenvalue weighted by Gasteiger charge is 2.11. The minimum Gasteiger partial charge on any atom is -0.477 e. The van der Waals surface area contributed by atoms with E-state index in [4.69, 9.17) is 5.11 Å². The molecule has 90 valence electrons. The minimum absolute atomic E-state index is 0.395. The third-order valence-corrected chi connectivity index (χ3v) is 5.15. The average Bonchev–Trinajstić information content (AvgIpc) is 2.82. The topological polar surface area (TPSA) is 63.1 Å². The highest BCUT2D eigenvalue weighted by molar-refractivity contribution is 8.00. The summed E-state index contributed by atoms with van der Waals surface area (Å²) in [6.07, 6.45) is 0. The van der Waals surface area contributed by atoms with E-state index in [-0.39, 0.29) is 0 Å². The molecule has 0 amide bonds. The Morgan fingerprint density at radius 2 is 2.29 bits per heavy atom.